The lowest BCUT2D eigenvalue weighted by atomic mass is 10.0. The highest BCUT2D eigenvalue weighted by Gasteiger charge is 2.28. The molecule has 0 radical (unpaired) electrons. The number of nitrogens with zero attached hydrogens (tertiary/aromatic N) is 5. The van der Waals surface area contributed by atoms with E-state index in [1.807, 2.05) is 25.4 Å². The van der Waals surface area contributed by atoms with Gasteiger partial charge < -0.3 is 15.0 Å². The molecule has 1 saturated heterocycles. The maximum Gasteiger partial charge on any atom is 0.230 e. The number of likely N-dealkylation sites (tertiary alicyclic amines) is 1. The van der Waals surface area contributed by atoms with E-state index in [1.165, 1.54) is 11.8 Å². The largest absolute Gasteiger partial charge is 0.390 e. The summed E-state index contributed by atoms with van der Waals surface area (Å²) in [5.41, 5.74) is 1.12. The van der Waals surface area contributed by atoms with Crippen LogP contribution in [0.2, 0.25) is 0 Å². The Labute approximate surface area is 150 Å². The van der Waals surface area contributed by atoms with Crippen molar-refractivity contribution in [3.63, 3.8) is 0 Å². The van der Waals surface area contributed by atoms with Crippen molar-refractivity contribution in [3.05, 3.63) is 36.4 Å². The Kier molecular flexibility index (Phi) is 6.00. The van der Waals surface area contributed by atoms with Crippen molar-refractivity contribution in [1.29, 1.82) is 0 Å². The van der Waals surface area contributed by atoms with Gasteiger partial charge in [-0.25, -0.2) is 0 Å². The molecular formula is C16H22N6O2S. The lowest BCUT2D eigenvalue weighted by molar-refractivity contribution is -0.120. The van der Waals surface area contributed by atoms with Gasteiger partial charge >= 0.3 is 0 Å². The highest BCUT2D eigenvalue weighted by Crippen LogP contribution is 2.16. The second-order valence-electron chi connectivity index (χ2n) is 6.14. The zero-order valence-electron chi connectivity index (χ0n) is 14.1. The summed E-state index contributed by atoms with van der Waals surface area (Å²) in [7, 11) is 1.84. The Balaban J connectivity index is 1.43. The average Bonchev–Trinajstić information content (AvgIpc) is 3.01. The Morgan fingerprint density at radius 3 is 3.08 bits per heavy atom. The summed E-state index contributed by atoms with van der Waals surface area (Å²) in [5, 5.41) is 21.7. The molecule has 1 fully saturated rings. The van der Waals surface area contributed by atoms with Gasteiger partial charge in [0, 0.05) is 39.1 Å². The third kappa shape index (κ3) is 5.00. The monoisotopic (exact) mass is 362 g/mol. The van der Waals surface area contributed by atoms with Crippen LogP contribution < -0.4 is 5.32 Å². The predicted octanol–water partition coefficient (Wildman–Crippen LogP) is 0.0538. The molecule has 1 amide bonds. The Hall–Kier alpha value is -1.97. The van der Waals surface area contributed by atoms with Crippen molar-refractivity contribution in [1.82, 2.24) is 30.0 Å². The molecule has 9 heteroatoms. The van der Waals surface area contributed by atoms with Crippen LogP contribution in [0.15, 0.2) is 36.0 Å². The molecule has 2 atom stereocenters. The summed E-state index contributed by atoms with van der Waals surface area (Å²) >= 11 is 1.33. The van der Waals surface area contributed by atoms with Gasteiger partial charge in [-0.3, -0.25) is 14.7 Å². The van der Waals surface area contributed by atoms with E-state index in [0.29, 0.717) is 11.7 Å². The van der Waals surface area contributed by atoms with E-state index in [2.05, 4.69) is 25.4 Å². The number of aliphatic hydroxyl groups is 1. The van der Waals surface area contributed by atoms with Crippen molar-refractivity contribution in [3.8, 4) is 0 Å². The summed E-state index contributed by atoms with van der Waals surface area (Å²) in [6.45, 7) is 2.12. The number of rotatable bonds is 6. The summed E-state index contributed by atoms with van der Waals surface area (Å²) in [5.74, 6) is 0.160. The summed E-state index contributed by atoms with van der Waals surface area (Å²) < 4.78 is 1.77. The number of piperidine rings is 1. The molecule has 0 aromatic carbocycles. The van der Waals surface area contributed by atoms with Crippen molar-refractivity contribution in [2.45, 2.75) is 30.3 Å². The molecule has 0 spiro atoms. The number of aromatic nitrogens is 4. The highest BCUT2D eigenvalue weighted by atomic mass is 32.2. The maximum atomic E-state index is 12.1. The minimum atomic E-state index is -0.575. The Morgan fingerprint density at radius 1 is 1.52 bits per heavy atom. The minimum absolute atomic E-state index is 0.0993. The van der Waals surface area contributed by atoms with Crippen molar-refractivity contribution in [2.75, 3.05) is 18.8 Å². The van der Waals surface area contributed by atoms with E-state index >= 15 is 0 Å². The topological polar surface area (TPSA) is 96.2 Å². The van der Waals surface area contributed by atoms with E-state index in [4.69, 9.17) is 0 Å². The van der Waals surface area contributed by atoms with Crippen LogP contribution in [0.4, 0.5) is 0 Å². The SMILES string of the molecule is Cn1cnnc1SCC(=O)N[C@@H]1CCN(Cc2cccnc2)C[C@H]1O. The highest BCUT2D eigenvalue weighted by molar-refractivity contribution is 7.99. The number of aryl methyl sites for hydroxylation is 1. The molecule has 0 unspecified atom stereocenters. The molecule has 0 saturated carbocycles. The normalized spacial score (nSPS) is 21.2. The number of carbonyl (C=O) groups excluding carboxylic acids is 1. The number of hydrogen-bond acceptors (Lipinski definition) is 7. The first-order valence-electron chi connectivity index (χ1n) is 8.17. The number of β-amino-alcohol motifs (C(OH)–C–C–N with tert-alkyl or cyclic N) is 1. The number of pyridine rings is 1. The third-order valence-electron chi connectivity index (χ3n) is 4.14. The minimum Gasteiger partial charge on any atom is -0.390 e. The van der Waals surface area contributed by atoms with E-state index in [1.54, 1.807) is 17.1 Å². The van der Waals surface area contributed by atoms with E-state index in [9.17, 15) is 9.90 Å². The van der Waals surface area contributed by atoms with Gasteiger partial charge in [-0.1, -0.05) is 17.8 Å². The second kappa shape index (κ2) is 8.41. The first-order chi connectivity index (χ1) is 12.1. The summed E-state index contributed by atoms with van der Waals surface area (Å²) in [6, 6.07) is 3.72. The van der Waals surface area contributed by atoms with Crippen molar-refractivity contribution in [2.24, 2.45) is 7.05 Å². The van der Waals surface area contributed by atoms with Gasteiger partial charge in [0.25, 0.3) is 0 Å². The number of aliphatic hydroxyl groups excluding tert-OH is 1. The molecule has 3 heterocycles. The predicted molar refractivity (Wildman–Crippen MR) is 93.8 cm³/mol. The smallest absolute Gasteiger partial charge is 0.230 e. The molecule has 2 aromatic rings. The standard InChI is InChI=1S/C16H22N6O2S/c1-21-11-18-20-16(21)25-10-15(24)19-13-4-6-22(9-14(13)23)8-12-3-2-5-17-7-12/h2-3,5,7,11,13-14,23H,4,6,8-10H2,1H3,(H,19,24)/t13-,14-/m1/s1. The van der Waals surface area contributed by atoms with Gasteiger partial charge in [0.15, 0.2) is 5.16 Å². The Morgan fingerprint density at radius 2 is 2.40 bits per heavy atom. The van der Waals surface area contributed by atoms with Crippen molar-refractivity contribution >= 4 is 17.7 Å². The van der Waals surface area contributed by atoms with Gasteiger partial charge in [-0.15, -0.1) is 10.2 Å². The number of hydrogen-bond donors (Lipinski definition) is 2. The summed E-state index contributed by atoms with van der Waals surface area (Å²) in [4.78, 5) is 18.4. The van der Waals surface area contributed by atoms with E-state index in [-0.39, 0.29) is 17.7 Å². The van der Waals surface area contributed by atoms with Crippen LogP contribution >= 0.6 is 11.8 Å². The van der Waals surface area contributed by atoms with E-state index < -0.39 is 6.10 Å². The third-order valence-corrected chi connectivity index (χ3v) is 5.18. The van der Waals surface area contributed by atoms with Crippen LogP contribution in [0.3, 0.4) is 0 Å². The van der Waals surface area contributed by atoms with Gasteiger partial charge in [0.1, 0.15) is 6.33 Å². The maximum absolute atomic E-state index is 12.1. The zero-order chi connectivity index (χ0) is 17.6. The number of thioether (sulfide) groups is 1. The van der Waals surface area contributed by atoms with Gasteiger partial charge in [-0.05, 0) is 18.1 Å². The fourth-order valence-electron chi connectivity index (χ4n) is 2.84. The van der Waals surface area contributed by atoms with Crippen LogP contribution in [-0.2, 0) is 18.4 Å². The number of carbonyl (C=O) groups is 1. The molecule has 1 aliphatic heterocycles. The molecule has 1 aliphatic rings. The summed E-state index contributed by atoms with van der Waals surface area (Å²) in [6.07, 6.45) is 5.33. The van der Waals surface area contributed by atoms with Gasteiger partial charge in [0.2, 0.25) is 5.91 Å². The van der Waals surface area contributed by atoms with Crippen molar-refractivity contribution < 1.29 is 9.90 Å². The lowest BCUT2D eigenvalue weighted by Gasteiger charge is -2.36. The molecule has 0 aliphatic carbocycles. The van der Waals surface area contributed by atoms with Crippen LogP contribution in [0.1, 0.15) is 12.0 Å². The van der Waals surface area contributed by atoms with Crippen LogP contribution in [0, 0.1) is 0 Å². The van der Waals surface area contributed by atoms with Crippen LogP contribution in [0.5, 0.6) is 0 Å². The molecule has 8 nitrogen and oxygen atoms in total. The zero-order valence-corrected chi connectivity index (χ0v) is 14.9. The molecule has 2 aromatic heterocycles. The molecule has 0 bridgehead atoms. The fraction of sp³-hybridized carbons (Fsp3) is 0.500. The fourth-order valence-corrected chi connectivity index (χ4v) is 3.54. The lowest BCUT2D eigenvalue weighted by Crippen LogP contribution is -2.54. The first kappa shape index (κ1) is 17.8. The number of nitrogens with one attached hydrogen (secondary N) is 1. The second-order valence-corrected chi connectivity index (χ2v) is 7.08. The van der Waals surface area contributed by atoms with Crippen LogP contribution in [-0.4, -0.2) is 66.7 Å². The Bertz CT molecular complexity index is 695. The molecule has 2 N–H and O–H groups in total. The average molecular weight is 362 g/mol. The number of amides is 1. The van der Waals surface area contributed by atoms with Crippen LogP contribution in [0.25, 0.3) is 0 Å². The van der Waals surface area contributed by atoms with Gasteiger partial charge in [0.05, 0.1) is 17.9 Å². The molecule has 3 rings (SSSR count). The van der Waals surface area contributed by atoms with Gasteiger partial charge in [-0.2, -0.15) is 0 Å². The quantitative estimate of drug-likeness (QED) is 0.701. The molecule has 134 valence electrons. The van der Waals surface area contributed by atoms with E-state index in [0.717, 1.165) is 25.1 Å². The molecular weight excluding hydrogens is 340 g/mol. The first-order valence-corrected chi connectivity index (χ1v) is 9.16. The molecule has 25 heavy (non-hydrogen) atoms.